The van der Waals surface area contributed by atoms with E-state index in [1.807, 2.05) is 12.1 Å². The predicted molar refractivity (Wildman–Crippen MR) is 65.8 cm³/mol. The van der Waals surface area contributed by atoms with Crippen LogP contribution >= 0.6 is 0 Å². The largest absolute Gasteiger partial charge is 0.496 e. The van der Waals surface area contributed by atoms with Gasteiger partial charge in [-0.15, -0.1) is 0 Å². The lowest BCUT2D eigenvalue weighted by Gasteiger charge is -2.26. The number of nitrogens with two attached hydrogens (primary N) is 1. The zero-order valence-electron chi connectivity index (χ0n) is 10.6. The number of fused-ring (bicyclic) bond motifs is 1. The molecule has 94 valence electrons. The first-order chi connectivity index (χ1) is 8.08. The molecular weight excluding hydrogens is 218 g/mol. The number of hydrogen-bond acceptors (Lipinski definition) is 4. The summed E-state index contributed by atoms with van der Waals surface area (Å²) in [6, 6.07) is 3.88. The Labute approximate surface area is 102 Å². The van der Waals surface area contributed by atoms with Crippen LogP contribution in [0.3, 0.4) is 0 Å². The van der Waals surface area contributed by atoms with Crippen molar-refractivity contribution in [3.63, 3.8) is 0 Å². The lowest BCUT2D eigenvalue weighted by molar-refractivity contribution is 0.173. The molecule has 0 fully saturated rings. The van der Waals surface area contributed by atoms with Crippen molar-refractivity contribution in [2.24, 2.45) is 5.73 Å². The van der Waals surface area contributed by atoms with E-state index < -0.39 is 0 Å². The predicted octanol–water partition coefficient (Wildman–Crippen LogP) is 2.05. The molecule has 0 radical (unpaired) electrons. The fraction of sp³-hybridized carbons (Fsp3) is 0.538. The van der Waals surface area contributed by atoms with Gasteiger partial charge in [0.15, 0.2) is 11.5 Å². The number of benzene rings is 1. The molecule has 0 saturated carbocycles. The van der Waals surface area contributed by atoms with Crippen molar-refractivity contribution >= 4 is 0 Å². The van der Waals surface area contributed by atoms with E-state index >= 15 is 0 Å². The number of rotatable bonds is 4. The minimum absolute atomic E-state index is 0.0406. The summed E-state index contributed by atoms with van der Waals surface area (Å²) in [7, 11) is 1.67. The quantitative estimate of drug-likeness (QED) is 0.870. The summed E-state index contributed by atoms with van der Waals surface area (Å²) in [5.74, 6) is 2.35. The Balaban J connectivity index is 2.45. The highest BCUT2D eigenvalue weighted by Crippen LogP contribution is 2.43. The molecule has 0 unspecified atom stereocenters. The zero-order chi connectivity index (χ0) is 12.5. The molecule has 2 N–H and O–H groups in total. The topological polar surface area (TPSA) is 53.7 Å². The summed E-state index contributed by atoms with van der Waals surface area (Å²) < 4.78 is 16.2. The van der Waals surface area contributed by atoms with Crippen molar-refractivity contribution in [1.29, 1.82) is 0 Å². The van der Waals surface area contributed by atoms with Crippen LogP contribution in [-0.2, 0) is 5.41 Å². The van der Waals surface area contributed by atoms with Gasteiger partial charge in [0.25, 0.3) is 0 Å². The van der Waals surface area contributed by atoms with Crippen LogP contribution in [-0.4, -0.2) is 20.4 Å². The van der Waals surface area contributed by atoms with Crippen LogP contribution in [0.15, 0.2) is 12.1 Å². The highest BCUT2D eigenvalue weighted by molar-refractivity contribution is 5.54. The molecule has 2 rings (SSSR count). The molecule has 1 aromatic carbocycles. The smallest absolute Gasteiger partial charge is 0.231 e. The average Bonchev–Trinajstić information content (AvgIpc) is 2.74. The first-order valence-electron chi connectivity index (χ1n) is 5.76. The summed E-state index contributed by atoms with van der Waals surface area (Å²) in [5, 5.41) is 0. The summed E-state index contributed by atoms with van der Waals surface area (Å²) in [6.45, 7) is 5.23. The van der Waals surface area contributed by atoms with E-state index in [4.69, 9.17) is 19.9 Å². The summed E-state index contributed by atoms with van der Waals surface area (Å²) in [5.41, 5.74) is 6.73. The van der Waals surface area contributed by atoms with Gasteiger partial charge >= 0.3 is 0 Å². The molecule has 0 bridgehead atoms. The van der Waals surface area contributed by atoms with Gasteiger partial charge in [-0.05, 0) is 24.4 Å². The minimum atomic E-state index is -0.0406. The Morgan fingerprint density at radius 1 is 1.29 bits per heavy atom. The molecule has 0 atom stereocenters. The highest BCUT2D eigenvalue weighted by Gasteiger charge is 2.27. The molecule has 1 aromatic rings. The van der Waals surface area contributed by atoms with E-state index in [9.17, 15) is 0 Å². The average molecular weight is 237 g/mol. The third kappa shape index (κ3) is 2.17. The van der Waals surface area contributed by atoms with E-state index in [-0.39, 0.29) is 12.2 Å². The zero-order valence-corrected chi connectivity index (χ0v) is 10.6. The first kappa shape index (κ1) is 12.0. The Morgan fingerprint density at radius 2 is 1.94 bits per heavy atom. The molecule has 1 heterocycles. The second-order valence-electron chi connectivity index (χ2n) is 4.83. The lowest BCUT2D eigenvalue weighted by atomic mass is 9.81. The van der Waals surface area contributed by atoms with Gasteiger partial charge in [0.05, 0.1) is 7.11 Å². The SMILES string of the molecule is COc1cc2c(cc1C(C)(C)CCN)OCO2. The normalized spacial score (nSPS) is 13.9. The van der Waals surface area contributed by atoms with Crippen LogP contribution in [0.2, 0.25) is 0 Å². The lowest BCUT2D eigenvalue weighted by Crippen LogP contribution is -2.22. The van der Waals surface area contributed by atoms with Crippen molar-refractivity contribution in [3.8, 4) is 17.2 Å². The van der Waals surface area contributed by atoms with Crippen LogP contribution in [0.5, 0.6) is 17.2 Å². The van der Waals surface area contributed by atoms with E-state index in [1.54, 1.807) is 7.11 Å². The van der Waals surface area contributed by atoms with Gasteiger partial charge in [0, 0.05) is 11.6 Å². The number of ether oxygens (including phenoxy) is 3. The highest BCUT2D eigenvalue weighted by atomic mass is 16.7. The second-order valence-corrected chi connectivity index (χ2v) is 4.83. The van der Waals surface area contributed by atoms with Crippen LogP contribution in [0.25, 0.3) is 0 Å². The van der Waals surface area contributed by atoms with Gasteiger partial charge in [-0.3, -0.25) is 0 Å². The van der Waals surface area contributed by atoms with Gasteiger partial charge in [-0.25, -0.2) is 0 Å². The fourth-order valence-corrected chi connectivity index (χ4v) is 2.12. The molecule has 4 heteroatoms. The molecule has 0 aliphatic carbocycles. The monoisotopic (exact) mass is 237 g/mol. The summed E-state index contributed by atoms with van der Waals surface area (Å²) in [6.07, 6.45) is 0.892. The van der Waals surface area contributed by atoms with Gasteiger partial charge in [0.2, 0.25) is 6.79 Å². The third-order valence-corrected chi connectivity index (χ3v) is 3.19. The number of methoxy groups -OCH3 is 1. The maximum absolute atomic E-state index is 5.66. The van der Waals surface area contributed by atoms with Crippen LogP contribution in [0, 0.1) is 0 Å². The molecule has 1 aliphatic heterocycles. The van der Waals surface area contributed by atoms with E-state index in [1.165, 1.54) is 0 Å². The third-order valence-electron chi connectivity index (χ3n) is 3.19. The molecule has 4 nitrogen and oxygen atoms in total. The molecule has 1 aliphatic rings. The minimum Gasteiger partial charge on any atom is -0.496 e. The Kier molecular flexibility index (Phi) is 3.15. The maximum atomic E-state index is 5.66. The Bertz CT molecular complexity index is 415. The van der Waals surface area contributed by atoms with Gasteiger partial charge in [-0.2, -0.15) is 0 Å². The second kappa shape index (κ2) is 4.45. The van der Waals surface area contributed by atoms with Crippen LogP contribution < -0.4 is 19.9 Å². The molecule has 0 saturated heterocycles. The molecule has 0 amide bonds. The molecule has 0 aromatic heterocycles. The molecule has 17 heavy (non-hydrogen) atoms. The Morgan fingerprint density at radius 3 is 2.53 bits per heavy atom. The van der Waals surface area contributed by atoms with Gasteiger partial charge in [0.1, 0.15) is 5.75 Å². The van der Waals surface area contributed by atoms with Crippen molar-refractivity contribution in [2.45, 2.75) is 25.7 Å². The summed E-state index contributed by atoms with van der Waals surface area (Å²) >= 11 is 0. The van der Waals surface area contributed by atoms with Crippen LogP contribution in [0.4, 0.5) is 0 Å². The van der Waals surface area contributed by atoms with Crippen molar-refractivity contribution < 1.29 is 14.2 Å². The summed E-state index contributed by atoms with van der Waals surface area (Å²) in [4.78, 5) is 0. The fourth-order valence-electron chi connectivity index (χ4n) is 2.12. The van der Waals surface area contributed by atoms with Crippen molar-refractivity contribution in [1.82, 2.24) is 0 Å². The molecular formula is C13H19NO3. The van der Waals surface area contributed by atoms with E-state index in [0.717, 1.165) is 29.2 Å². The van der Waals surface area contributed by atoms with Crippen molar-refractivity contribution in [3.05, 3.63) is 17.7 Å². The standard InChI is InChI=1S/C13H19NO3/c1-13(2,4-5-14)9-6-11-12(17-8-16-11)7-10(9)15-3/h6-7H,4-5,8,14H2,1-3H3. The van der Waals surface area contributed by atoms with E-state index in [0.29, 0.717) is 6.54 Å². The maximum Gasteiger partial charge on any atom is 0.231 e. The van der Waals surface area contributed by atoms with E-state index in [2.05, 4.69) is 13.8 Å². The first-order valence-corrected chi connectivity index (χ1v) is 5.76. The van der Waals surface area contributed by atoms with Crippen LogP contribution in [0.1, 0.15) is 25.8 Å². The Hall–Kier alpha value is -1.42. The van der Waals surface area contributed by atoms with Crippen molar-refractivity contribution in [2.75, 3.05) is 20.4 Å². The number of hydrogen-bond donors (Lipinski definition) is 1. The van der Waals surface area contributed by atoms with Gasteiger partial charge < -0.3 is 19.9 Å². The molecule has 0 spiro atoms. The van der Waals surface area contributed by atoms with Gasteiger partial charge in [-0.1, -0.05) is 13.8 Å².